The predicted octanol–water partition coefficient (Wildman–Crippen LogP) is 3.13. The molecule has 0 aromatic carbocycles. The van der Waals surface area contributed by atoms with Gasteiger partial charge < -0.3 is 14.4 Å². The summed E-state index contributed by atoms with van der Waals surface area (Å²) in [4.78, 5) is 0. The lowest BCUT2D eigenvalue weighted by Crippen LogP contribution is -2.32. The van der Waals surface area contributed by atoms with Crippen LogP contribution in [-0.2, 0) is 13.6 Å². The molecule has 5 heteroatoms. The summed E-state index contributed by atoms with van der Waals surface area (Å²) in [5.41, 5.74) is 0. The first-order chi connectivity index (χ1) is 7.70. The van der Waals surface area contributed by atoms with Crippen LogP contribution in [0.3, 0.4) is 0 Å². The van der Waals surface area contributed by atoms with Crippen LogP contribution >= 0.6 is 7.60 Å². The van der Waals surface area contributed by atoms with Gasteiger partial charge in [-0.2, -0.15) is 0 Å². The molecule has 0 aromatic rings. The lowest BCUT2D eigenvalue weighted by molar-refractivity contribution is 0.215. The van der Waals surface area contributed by atoms with Crippen LogP contribution in [0, 0.1) is 0 Å². The van der Waals surface area contributed by atoms with Crippen molar-refractivity contribution < 1.29 is 13.6 Å². The molecule has 4 nitrogen and oxygen atoms in total. The minimum absolute atomic E-state index is 0.347. The summed E-state index contributed by atoms with van der Waals surface area (Å²) in [7, 11) is -2.90. The van der Waals surface area contributed by atoms with E-state index >= 15 is 0 Å². The maximum atomic E-state index is 12.1. The highest BCUT2D eigenvalue weighted by Crippen LogP contribution is 2.46. The van der Waals surface area contributed by atoms with Crippen LogP contribution in [0.4, 0.5) is 0 Å². The maximum Gasteiger partial charge on any atom is 0.344 e. The van der Waals surface area contributed by atoms with Crippen molar-refractivity contribution in [2.24, 2.45) is 0 Å². The van der Waals surface area contributed by atoms with E-state index in [1.165, 1.54) is 32.1 Å². The fourth-order valence-electron chi connectivity index (χ4n) is 2.07. The monoisotopic (exact) mass is 249 g/mol. The number of hydrogen-bond donors (Lipinski definition) is 1. The first-order valence-corrected chi connectivity index (χ1v) is 8.04. The molecule has 1 saturated carbocycles. The van der Waals surface area contributed by atoms with Crippen LogP contribution in [0.15, 0.2) is 0 Å². The molecular weight excluding hydrogens is 225 g/mol. The average Bonchev–Trinajstić information content (AvgIpc) is 2.29. The van der Waals surface area contributed by atoms with Gasteiger partial charge in [-0.3, -0.25) is 4.57 Å². The first-order valence-electron chi connectivity index (χ1n) is 6.31. The molecule has 1 N–H and O–H groups in total. The van der Waals surface area contributed by atoms with E-state index in [0.717, 1.165) is 0 Å². The molecule has 0 unspecified atom stereocenters. The van der Waals surface area contributed by atoms with Crippen LogP contribution in [0.5, 0.6) is 0 Å². The first kappa shape index (κ1) is 14.2. The predicted molar refractivity (Wildman–Crippen MR) is 65.7 cm³/mol. The second-order valence-electron chi connectivity index (χ2n) is 4.14. The third-order valence-electron chi connectivity index (χ3n) is 2.83. The Hall–Kier alpha value is 0.110. The molecule has 1 fully saturated rings. The van der Waals surface area contributed by atoms with E-state index in [2.05, 4.69) is 5.32 Å². The van der Waals surface area contributed by atoms with Gasteiger partial charge in [0.25, 0.3) is 0 Å². The Morgan fingerprint density at radius 1 is 1.12 bits per heavy atom. The third-order valence-corrected chi connectivity index (χ3v) is 4.70. The Labute approximate surface area is 98.6 Å². The van der Waals surface area contributed by atoms with E-state index in [-0.39, 0.29) is 0 Å². The van der Waals surface area contributed by atoms with Gasteiger partial charge in [-0.15, -0.1) is 0 Å². The Morgan fingerprint density at radius 2 is 1.69 bits per heavy atom. The lowest BCUT2D eigenvalue weighted by Gasteiger charge is -2.25. The summed E-state index contributed by atoms with van der Waals surface area (Å²) >= 11 is 0. The summed E-state index contributed by atoms with van der Waals surface area (Å²) < 4.78 is 22.6. The smallest absolute Gasteiger partial charge is 0.308 e. The molecule has 96 valence electrons. The highest BCUT2D eigenvalue weighted by Gasteiger charge is 2.25. The standard InChI is InChI=1S/C11H24NO3P/c1-3-14-16(13,15-4-2)10-12-11-8-6-5-7-9-11/h11-12H,3-10H2,1-2H3. The minimum atomic E-state index is -2.90. The van der Waals surface area contributed by atoms with Gasteiger partial charge in [0.05, 0.1) is 19.5 Å². The van der Waals surface area contributed by atoms with Gasteiger partial charge in [-0.1, -0.05) is 19.3 Å². The van der Waals surface area contributed by atoms with Crippen molar-refractivity contribution >= 4 is 7.60 Å². The normalized spacial score (nSPS) is 18.9. The van der Waals surface area contributed by atoms with Crippen molar-refractivity contribution in [3.63, 3.8) is 0 Å². The molecule has 0 atom stereocenters. The summed E-state index contributed by atoms with van der Waals surface area (Å²) in [6, 6.07) is 0.489. The molecule has 0 heterocycles. The Kier molecular flexibility index (Phi) is 6.59. The minimum Gasteiger partial charge on any atom is -0.308 e. The van der Waals surface area contributed by atoms with E-state index < -0.39 is 7.60 Å². The van der Waals surface area contributed by atoms with E-state index in [0.29, 0.717) is 25.5 Å². The summed E-state index contributed by atoms with van der Waals surface area (Å²) in [5.74, 6) is 0. The second-order valence-corrected chi connectivity index (χ2v) is 6.20. The Bertz CT molecular complexity index is 219. The maximum absolute atomic E-state index is 12.1. The molecule has 0 bridgehead atoms. The lowest BCUT2D eigenvalue weighted by atomic mass is 9.96. The number of nitrogens with one attached hydrogen (secondary N) is 1. The summed E-state index contributed by atoms with van der Waals surface area (Å²) in [5, 5.41) is 3.32. The molecule has 0 aromatic heterocycles. The van der Waals surface area contributed by atoms with Crippen LogP contribution in [0.25, 0.3) is 0 Å². The Balaban J connectivity index is 2.33. The zero-order valence-electron chi connectivity index (χ0n) is 10.4. The van der Waals surface area contributed by atoms with Crippen LogP contribution in [0.2, 0.25) is 0 Å². The summed E-state index contributed by atoms with van der Waals surface area (Å²) in [6.07, 6.45) is 6.57. The number of hydrogen-bond acceptors (Lipinski definition) is 4. The fourth-order valence-corrected chi connectivity index (χ4v) is 3.60. The zero-order valence-corrected chi connectivity index (χ0v) is 11.3. The molecule has 16 heavy (non-hydrogen) atoms. The third kappa shape index (κ3) is 4.96. The second kappa shape index (κ2) is 7.44. The van der Waals surface area contributed by atoms with Gasteiger partial charge >= 0.3 is 7.60 Å². The van der Waals surface area contributed by atoms with Crippen LogP contribution in [-0.4, -0.2) is 25.5 Å². The number of rotatable bonds is 7. The van der Waals surface area contributed by atoms with Gasteiger partial charge in [0.15, 0.2) is 0 Å². The molecular formula is C11H24NO3P. The van der Waals surface area contributed by atoms with Gasteiger partial charge in [-0.25, -0.2) is 0 Å². The van der Waals surface area contributed by atoms with Crippen LogP contribution in [0.1, 0.15) is 46.0 Å². The van der Waals surface area contributed by atoms with E-state index in [9.17, 15) is 4.57 Å². The molecule has 0 saturated heterocycles. The fraction of sp³-hybridized carbons (Fsp3) is 1.00. The van der Waals surface area contributed by atoms with Gasteiger partial charge in [0.1, 0.15) is 0 Å². The van der Waals surface area contributed by atoms with Gasteiger partial charge in [0.2, 0.25) is 0 Å². The highest BCUT2D eigenvalue weighted by molar-refractivity contribution is 7.53. The molecule has 1 rings (SSSR count). The van der Waals surface area contributed by atoms with E-state index in [4.69, 9.17) is 9.05 Å². The molecule has 1 aliphatic carbocycles. The van der Waals surface area contributed by atoms with Crippen molar-refractivity contribution in [3.8, 4) is 0 Å². The van der Waals surface area contributed by atoms with Crippen molar-refractivity contribution in [1.82, 2.24) is 5.32 Å². The average molecular weight is 249 g/mol. The zero-order chi connectivity index (χ0) is 11.9. The van der Waals surface area contributed by atoms with Crippen molar-refractivity contribution in [2.75, 3.05) is 19.5 Å². The highest BCUT2D eigenvalue weighted by atomic mass is 31.2. The summed E-state index contributed by atoms with van der Waals surface area (Å²) in [6.45, 7) is 4.55. The van der Waals surface area contributed by atoms with Gasteiger partial charge in [-0.05, 0) is 26.7 Å². The van der Waals surface area contributed by atoms with Crippen molar-refractivity contribution in [2.45, 2.75) is 52.0 Å². The molecule has 0 amide bonds. The Morgan fingerprint density at radius 3 is 2.19 bits per heavy atom. The van der Waals surface area contributed by atoms with Crippen molar-refractivity contribution in [1.29, 1.82) is 0 Å². The topological polar surface area (TPSA) is 47.6 Å². The van der Waals surface area contributed by atoms with E-state index in [1.54, 1.807) is 0 Å². The van der Waals surface area contributed by atoms with E-state index in [1.807, 2.05) is 13.8 Å². The quantitative estimate of drug-likeness (QED) is 0.704. The molecule has 0 aliphatic heterocycles. The molecule has 0 spiro atoms. The largest absolute Gasteiger partial charge is 0.344 e. The SMILES string of the molecule is CCOP(=O)(CNC1CCCCC1)OCC. The van der Waals surface area contributed by atoms with Crippen LogP contribution < -0.4 is 5.32 Å². The molecule has 1 aliphatic rings. The van der Waals surface area contributed by atoms with Crippen molar-refractivity contribution in [3.05, 3.63) is 0 Å². The molecule has 0 radical (unpaired) electrons. The van der Waals surface area contributed by atoms with Gasteiger partial charge in [0, 0.05) is 6.04 Å².